The molecule has 1 aliphatic carbocycles. The Hall–Kier alpha value is -2.47. The van der Waals surface area contributed by atoms with Crippen LogP contribution in [0.2, 0.25) is 0 Å². The van der Waals surface area contributed by atoms with Crippen molar-refractivity contribution in [2.45, 2.75) is 25.8 Å². The zero-order valence-electron chi connectivity index (χ0n) is 12.8. The molecule has 6 nitrogen and oxygen atoms in total. The van der Waals surface area contributed by atoms with Gasteiger partial charge in [-0.2, -0.15) is 10.2 Å². The van der Waals surface area contributed by atoms with Crippen LogP contribution in [0.4, 0.5) is 0 Å². The highest BCUT2D eigenvalue weighted by molar-refractivity contribution is 5.67. The predicted octanol–water partition coefficient (Wildman–Crippen LogP) is 2.08. The molecule has 23 heavy (non-hydrogen) atoms. The molecule has 1 N–H and O–H groups in total. The van der Waals surface area contributed by atoms with E-state index in [4.69, 9.17) is 4.98 Å². The number of aliphatic hydroxyl groups is 1. The normalized spacial score (nSPS) is 14.3. The number of rotatable bonds is 6. The lowest BCUT2D eigenvalue weighted by atomic mass is 10.1. The van der Waals surface area contributed by atoms with Gasteiger partial charge in [-0.25, -0.2) is 14.3 Å². The molecule has 0 atom stereocenters. The molecule has 1 saturated carbocycles. The number of hydrogen-bond donors (Lipinski definition) is 1. The van der Waals surface area contributed by atoms with Crippen LogP contribution in [-0.4, -0.2) is 36.3 Å². The average Bonchev–Trinajstić information content (AvgIpc) is 3.07. The Morgan fingerprint density at radius 1 is 1.17 bits per heavy atom. The Balaban J connectivity index is 1.78. The van der Waals surface area contributed by atoms with Crippen molar-refractivity contribution in [3.05, 3.63) is 48.5 Å². The largest absolute Gasteiger partial charge is 0.394 e. The second-order valence-corrected chi connectivity index (χ2v) is 5.91. The summed E-state index contributed by atoms with van der Waals surface area (Å²) < 4.78 is 3.63. The van der Waals surface area contributed by atoms with Crippen molar-refractivity contribution in [3.8, 4) is 17.1 Å². The van der Waals surface area contributed by atoms with Crippen LogP contribution in [0.15, 0.2) is 42.7 Å². The maximum absolute atomic E-state index is 9.34. The minimum Gasteiger partial charge on any atom is -0.394 e. The smallest absolute Gasteiger partial charge is 0.160 e. The first-order valence-electron chi connectivity index (χ1n) is 7.99. The summed E-state index contributed by atoms with van der Waals surface area (Å²) in [6.45, 7) is 0.490. The summed E-state index contributed by atoms with van der Waals surface area (Å²) in [5.41, 5.74) is 1.93. The lowest BCUT2D eigenvalue weighted by molar-refractivity contribution is 0.270. The number of benzene rings is 1. The molecule has 118 valence electrons. The van der Waals surface area contributed by atoms with Gasteiger partial charge in [0, 0.05) is 24.4 Å². The minimum atomic E-state index is 0.0448. The number of aliphatic hydroxyl groups excluding tert-OH is 1. The molecule has 3 aromatic rings. The van der Waals surface area contributed by atoms with Crippen molar-refractivity contribution in [2.24, 2.45) is 5.92 Å². The van der Waals surface area contributed by atoms with Crippen molar-refractivity contribution in [1.82, 2.24) is 24.5 Å². The van der Waals surface area contributed by atoms with Crippen LogP contribution in [0.5, 0.6) is 0 Å². The van der Waals surface area contributed by atoms with E-state index in [2.05, 4.69) is 10.2 Å². The van der Waals surface area contributed by atoms with Crippen LogP contribution in [0.3, 0.4) is 0 Å². The van der Waals surface area contributed by atoms with E-state index in [1.165, 1.54) is 12.8 Å². The van der Waals surface area contributed by atoms with Gasteiger partial charge >= 0.3 is 0 Å². The maximum atomic E-state index is 9.34. The number of para-hydroxylation sites is 1. The average molecular weight is 309 g/mol. The van der Waals surface area contributed by atoms with Gasteiger partial charge in [0.2, 0.25) is 0 Å². The summed E-state index contributed by atoms with van der Waals surface area (Å²) >= 11 is 0. The fraction of sp³-hybridized carbons (Fsp3) is 0.353. The van der Waals surface area contributed by atoms with Crippen molar-refractivity contribution in [2.75, 3.05) is 6.61 Å². The SMILES string of the molecule is OCCn1nc(CC2CC2)nc1-c1ccccc1-n1cccn1. The van der Waals surface area contributed by atoms with Gasteiger partial charge in [0.15, 0.2) is 11.6 Å². The Morgan fingerprint density at radius 2 is 2.04 bits per heavy atom. The van der Waals surface area contributed by atoms with Crippen molar-refractivity contribution < 1.29 is 5.11 Å². The van der Waals surface area contributed by atoms with Gasteiger partial charge in [-0.1, -0.05) is 12.1 Å². The van der Waals surface area contributed by atoms with E-state index in [-0.39, 0.29) is 6.61 Å². The molecule has 2 aromatic heterocycles. The van der Waals surface area contributed by atoms with E-state index in [1.54, 1.807) is 10.9 Å². The molecule has 0 radical (unpaired) electrons. The van der Waals surface area contributed by atoms with Gasteiger partial charge in [-0.05, 0) is 37.0 Å². The highest BCUT2D eigenvalue weighted by Crippen LogP contribution is 2.32. The first-order valence-corrected chi connectivity index (χ1v) is 7.99. The molecule has 0 spiro atoms. The predicted molar refractivity (Wildman–Crippen MR) is 86.1 cm³/mol. The van der Waals surface area contributed by atoms with Crippen molar-refractivity contribution in [1.29, 1.82) is 0 Å². The summed E-state index contributed by atoms with van der Waals surface area (Å²) in [6.07, 6.45) is 7.14. The maximum Gasteiger partial charge on any atom is 0.160 e. The Labute approximate surface area is 134 Å². The topological polar surface area (TPSA) is 68.8 Å². The van der Waals surface area contributed by atoms with E-state index >= 15 is 0 Å². The molecule has 0 saturated heterocycles. The molecule has 1 aromatic carbocycles. The lowest BCUT2D eigenvalue weighted by Crippen LogP contribution is -2.08. The van der Waals surface area contributed by atoms with Gasteiger partial charge in [0.1, 0.15) is 0 Å². The van der Waals surface area contributed by atoms with Gasteiger partial charge < -0.3 is 5.11 Å². The zero-order valence-corrected chi connectivity index (χ0v) is 12.8. The zero-order chi connectivity index (χ0) is 15.6. The number of hydrogen-bond acceptors (Lipinski definition) is 4. The highest BCUT2D eigenvalue weighted by atomic mass is 16.3. The monoisotopic (exact) mass is 309 g/mol. The second-order valence-electron chi connectivity index (χ2n) is 5.91. The van der Waals surface area contributed by atoms with Crippen LogP contribution in [0, 0.1) is 5.92 Å². The third kappa shape index (κ3) is 2.90. The first kappa shape index (κ1) is 14.1. The molecule has 1 aliphatic rings. The molecule has 0 bridgehead atoms. The molecule has 6 heteroatoms. The molecular weight excluding hydrogens is 290 g/mol. The van der Waals surface area contributed by atoms with E-state index < -0.39 is 0 Å². The number of nitrogens with zero attached hydrogens (tertiary/aromatic N) is 5. The van der Waals surface area contributed by atoms with Gasteiger partial charge in [0.25, 0.3) is 0 Å². The fourth-order valence-corrected chi connectivity index (χ4v) is 2.78. The lowest BCUT2D eigenvalue weighted by Gasteiger charge is -2.09. The van der Waals surface area contributed by atoms with E-state index in [0.29, 0.717) is 6.54 Å². The number of aromatic nitrogens is 5. The molecular formula is C17H19N5O. The van der Waals surface area contributed by atoms with Crippen LogP contribution in [0.25, 0.3) is 17.1 Å². The Bertz CT molecular complexity index is 789. The molecule has 0 unspecified atom stereocenters. The van der Waals surface area contributed by atoms with E-state index in [9.17, 15) is 5.11 Å². The summed E-state index contributed by atoms with van der Waals surface area (Å²) in [4.78, 5) is 4.75. The van der Waals surface area contributed by atoms with Crippen LogP contribution >= 0.6 is 0 Å². The third-order valence-electron chi connectivity index (χ3n) is 4.09. The summed E-state index contributed by atoms with van der Waals surface area (Å²) in [5, 5.41) is 18.3. The standard InChI is InChI=1S/C17H19N5O/c23-11-10-22-17(19-16(20-22)12-13-6-7-13)14-4-1-2-5-15(14)21-9-3-8-18-21/h1-5,8-9,13,23H,6-7,10-12H2. The molecule has 0 aliphatic heterocycles. The molecule has 0 amide bonds. The Morgan fingerprint density at radius 3 is 2.78 bits per heavy atom. The summed E-state index contributed by atoms with van der Waals surface area (Å²) in [6, 6.07) is 9.91. The fourth-order valence-electron chi connectivity index (χ4n) is 2.78. The van der Waals surface area contributed by atoms with Gasteiger partial charge in [-0.15, -0.1) is 0 Å². The van der Waals surface area contributed by atoms with Crippen molar-refractivity contribution >= 4 is 0 Å². The molecule has 4 rings (SSSR count). The second kappa shape index (κ2) is 5.96. The molecule has 2 heterocycles. The van der Waals surface area contributed by atoms with Gasteiger partial charge in [-0.3, -0.25) is 0 Å². The van der Waals surface area contributed by atoms with E-state index in [1.807, 2.05) is 41.2 Å². The van der Waals surface area contributed by atoms with Crippen molar-refractivity contribution in [3.63, 3.8) is 0 Å². The molecule has 1 fully saturated rings. The summed E-state index contributed by atoms with van der Waals surface area (Å²) in [7, 11) is 0. The van der Waals surface area contributed by atoms with Crippen LogP contribution in [0.1, 0.15) is 18.7 Å². The van der Waals surface area contributed by atoms with Gasteiger partial charge in [0.05, 0.1) is 18.8 Å². The quantitative estimate of drug-likeness (QED) is 0.757. The van der Waals surface area contributed by atoms with Crippen LogP contribution in [-0.2, 0) is 13.0 Å². The summed E-state index contributed by atoms with van der Waals surface area (Å²) in [5.74, 6) is 2.39. The Kier molecular flexibility index (Phi) is 3.67. The highest BCUT2D eigenvalue weighted by Gasteiger charge is 2.25. The minimum absolute atomic E-state index is 0.0448. The van der Waals surface area contributed by atoms with E-state index in [0.717, 1.165) is 35.2 Å². The first-order chi connectivity index (χ1) is 11.3. The van der Waals surface area contributed by atoms with Crippen LogP contribution < -0.4 is 0 Å². The third-order valence-corrected chi connectivity index (χ3v) is 4.09.